The van der Waals surface area contributed by atoms with E-state index in [4.69, 9.17) is 4.74 Å². The number of benzene rings is 1. The van der Waals surface area contributed by atoms with Gasteiger partial charge in [0.15, 0.2) is 0 Å². The lowest BCUT2D eigenvalue weighted by molar-refractivity contribution is 0.412. The van der Waals surface area contributed by atoms with E-state index in [-0.39, 0.29) is 6.10 Å². The van der Waals surface area contributed by atoms with E-state index in [0.29, 0.717) is 12.0 Å². The highest BCUT2D eigenvalue weighted by Gasteiger charge is 2.24. The van der Waals surface area contributed by atoms with Gasteiger partial charge < -0.3 is 4.74 Å². The summed E-state index contributed by atoms with van der Waals surface area (Å²) in [6.07, 6.45) is 0.935. The minimum Gasteiger partial charge on any atom is -0.373 e. The Morgan fingerprint density at radius 2 is 2.15 bits per heavy atom. The quantitative estimate of drug-likeness (QED) is 0.515. The van der Waals surface area contributed by atoms with Gasteiger partial charge in [-0.1, -0.05) is 30.3 Å². The smallest absolute Gasteiger partial charge is 0.128 e. The first kappa shape index (κ1) is 8.24. The van der Waals surface area contributed by atoms with E-state index in [1.165, 1.54) is 0 Å². The average Bonchev–Trinajstić information content (AvgIpc) is 2.99. The minimum atomic E-state index is 0.247. The van der Waals surface area contributed by atoms with Gasteiger partial charge in [-0.2, -0.15) is 0 Å². The van der Waals surface area contributed by atoms with Crippen LogP contribution < -0.4 is 0 Å². The van der Waals surface area contributed by atoms with E-state index in [1.807, 2.05) is 36.3 Å². The van der Waals surface area contributed by atoms with Crippen molar-refractivity contribution in [1.82, 2.24) is 0 Å². The summed E-state index contributed by atoms with van der Waals surface area (Å²) in [6.45, 7) is 0.776. The summed E-state index contributed by atoms with van der Waals surface area (Å²) >= 11 is 0. The van der Waals surface area contributed by atoms with Crippen molar-refractivity contribution in [3.63, 3.8) is 0 Å². The summed E-state index contributed by atoms with van der Waals surface area (Å²) in [5.74, 6) is 1.98. The van der Waals surface area contributed by atoms with Crippen molar-refractivity contribution in [2.45, 2.75) is 12.5 Å². The molecule has 0 bridgehead atoms. The van der Waals surface area contributed by atoms with E-state index in [0.717, 1.165) is 12.2 Å². The monoisotopic (exact) mass is 174 g/mol. The Labute approximate surface area is 76.8 Å². The predicted octanol–water partition coefficient (Wildman–Crippen LogP) is 1.69. The number of epoxide rings is 1. The molecule has 0 spiro atoms. The molecule has 1 aliphatic heterocycles. The van der Waals surface area contributed by atoms with Gasteiger partial charge in [0.05, 0.1) is 12.7 Å². The second kappa shape index (κ2) is 3.56. The van der Waals surface area contributed by atoms with Crippen LogP contribution in [-0.4, -0.2) is 18.7 Å². The van der Waals surface area contributed by atoms with Gasteiger partial charge in [-0.25, -0.2) is 4.79 Å². The molecule has 0 saturated carbocycles. The highest BCUT2D eigenvalue weighted by Crippen LogP contribution is 2.23. The lowest BCUT2D eigenvalue weighted by atomic mass is 10.0. The molecule has 0 amide bonds. The minimum absolute atomic E-state index is 0.247. The largest absolute Gasteiger partial charge is 0.373 e. The number of hydrogen-bond donors (Lipinski definition) is 0. The van der Waals surface area contributed by atoms with Crippen LogP contribution in [0.1, 0.15) is 12.0 Å². The maximum absolute atomic E-state index is 10.7. The van der Waals surface area contributed by atoms with Crippen LogP contribution in [-0.2, 0) is 9.53 Å². The van der Waals surface area contributed by atoms with Crippen LogP contribution in [0.2, 0.25) is 0 Å². The molecule has 0 aromatic heterocycles. The maximum Gasteiger partial charge on any atom is 0.128 e. The van der Waals surface area contributed by atoms with E-state index in [9.17, 15) is 4.79 Å². The highest BCUT2D eigenvalue weighted by atomic mass is 16.6. The molecule has 0 radical (unpaired) electrons. The molecule has 66 valence electrons. The van der Waals surface area contributed by atoms with Crippen LogP contribution in [0, 0.1) is 0 Å². The number of hydrogen-bond acceptors (Lipinski definition) is 2. The van der Waals surface area contributed by atoms with Gasteiger partial charge in [0.1, 0.15) is 5.94 Å². The second-order valence-corrected chi connectivity index (χ2v) is 3.11. The zero-order valence-electron chi connectivity index (χ0n) is 7.19. The molecule has 1 saturated heterocycles. The van der Waals surface area contributed by atoms with E-state index in [1.54, 1.807) is 0 Å². The standard InChI is InChI=1S/C11H10O2/c12-7-10(6-11-8-13-11)9-4-2-1-3-5-9/h1-5,11H,6,8H2. The summed E-state index contributed by atoms with van der Waals surface area (Å²) in [5.41, 5.74) is 1.66. The third-order valence-corrected chi connectivity index (χ3v) is 2.08. The first-order valence-electron chi connectivity index (χ1n) is 4.31. The topological polar surface area (TPSA) is 29.6 Å². The van der Waals surface area contributed by atoms with Gasteiger partial charge in [0, 0.05) is 12.0 Å². The molecule has 1 fully saturated rings. The van der Waals surface area contributed by atoms with Crippen LogP contribution in [0.3, 0.4) is 0 Å². The summed E-state index contributed by atoms with van der Waals surface area (Å²) in [5, 5.41) is 0. The predicted molar refractivity (Wildman–Crippen MR) is 49.9 cm³/mol. The number of rotatable bonds is 3. The molecular formula is C11H10O2. The lowest BCUT2D eigenvalue weighted by Crippen LogP contribution is -1.91. The normalized spacial score (nSPS) is 19.2. The van der Waals surface area contributed by atoms with Crippen molar-refractivity contribution in [2.75, 3.05) is 6.61 Å². The Morgan fingerprint density at radius 1 is 1.46 bits per heavy atom. The second-order valence-electron chi connectivity index (χ2n) is 3.11. The van der Waals surface area contributed by atoms with Crippen LogP contribution in [0.5, 0.6) is 0 Å². The van der Waals surface area contributed by atoms with E-state index < -0.39 is 0 Å². The summed E-state index contributed by atoms with van der Waals surface area (Å²) in [7, 11) is 0. The Hall–Kier alpha value is -1.37. The molecule has 1 heterocycles. The Bertz CT molecular complexity index is 332. The highest BCUT2D eigenvalue weighted by molar-refractivity contribution is 5.87. The van der Waals surface area contributed by atoms with E-state index >= 15 is 0 Å². The van der Waals surface area contributed by atoms with Crippen LogP contribution >= 0.6 is 0 Å². The van der Waals surface area contributed by atoms with Gasteiger partial charge >= 0.3 is 0 Å². The number of carbonyl (C=O) groups excluding carboxylic acids is 1. The average molecular weight is 174 g/mol. The molecule has 1 aromatic carbocycles. The SMILES string of the molecule is O=C=C(CC1CO1)c1ccccc1. The van der Waals surface area contributed by atoms with Gasteiger partial charge in [0.2, 0.25) is 0 Å². The van der Waals surface area contributed by atoms with Crippen molar-refractivity contribution in [3.05, 3.63) is 35.9 Å². The van der Waals surface area contributed by atoms with Gasteiger partial charge in [-0.05, 0) is 5.56 Å². The fourth-order valence-corrected chi connectivity index (χ4v) is 1.27. The van der Waals surface area contributed by atoms with Crippen LogP contribution in [0.25, 0.3) is 5.57 Å². The summed E-state index contributed by atoms with van der Waals surface area (Å²) in [4.78, 5) is 10.7. The molecule has 0 aliphatic carbocycles. The van der Waals surface area contributed by atoms with Gasteiger partial charge in [0.25, 0.3) is 0 Å². The molecule has 2 rings (SSSR count). The van der Waals surface area contributed by atoms with Crippen molar-refractivity contribution < 1.29 is 9.53 Å². The molecule has 1 unspecified atom stereocenters. The van der Waals surface area contributed by atoms with Gasteiger partial charge in [-0.15, -0.1) is 0 Å². The molecule has 13 heavy (non-hydrogen) atoms. The molecule has 0 N–H and O–H groups in total. The third-order valence-electron chi connectivity index (χ3n) is 2.08. The molecule has 1 atom stereocenters. The summed E-state index contributed by atoms with van der Waals surface area (Å²) < 4.78 is 5.06. The van der Waals surface area contributed by atoms with Crippen molar-refractivity contribution in [2.24, 2.45) is 0 Å². The van der Waals surface area contributed by atoms with Crippen molar-refractivity contribution in [3.8, 4) is 0 Å². The zero-order valence-corrected chi connectivity index (χ0v) is 7.19. The Kier molecular flexibility index (Phi) is 2.26. The fourth-order valence-electron chi connectivity index (χ4n) is 1.27. The first-order valence-corrected chi connectivity index (χ1v) is 4.31. The molecule has 1 aliphatic rings. The van der Waals surface area contributed by atoms with Crippen molar-refractivity contribution in [1.29, 1.82) is 0 Å². The molecule has 2 heteroatoms. The van der Waals surface area contributed by atoms with E-state index in [2.05, 4.69) is 0 Å². The Balaban J connectivity index is 2.17. The molecular weight excluding hydrogens is 164 g/mol. The lowest BCUT2D eigenvalue weighted by Gasteiger charge is -1.99. The fraction of sp³-hybridized carbons (Fsp3) is 0.273. The maximum atomic E-state index is 10.7. The van der Waals surface area contributed by atoms with Crippen LogP contribution in [0.15, 0.2) is 30.3 Å². The first-order chi connectivity index (χ1) is 6.40. The molecule has 2 nitrogen and oxygen atoms in total. The van der Waals surface area contributed by atoms with Crippen LogP contribution in [0.4, 0.5) is 0 Å². The third kappa shape index (κ3) is 2.05. The van der Waals surface area contributed by atoms with Crippen molar-refractivity contribution >= 4 is 11.5 Å². The van der Waals surface area contributed by atoms with Gasteiger partial charge in [-0.3, -0.25) is 0 Å². The zero-order chi connectivity index (χ0) is 9.10. The molecule has 1 aromatic rings. The number of ether oxygens (including phenoxy) is 1. The Morgan fingerprint density at radius 3 is 2.69 bits per heavy atom. The summed E-state index contributed by atoms with van der Waals surface area (Å²) in [6, 6.07) is 9.60.